The zero-order chi connectivity index (χ0) is 78.4. The average Bonchev–Trinajstić information content (AvgIpc) is 1.54. The summed E-state index contributed by atoms with van der Waals surface area (Å²) in [4.78, 5) is 29.6. The summed E-state index contributed by atoms with van der Waals surface area (Å²) in [7, 11) is 1.68. The number of hydrogen-bond acceptors (Lipinski definition) is 11. The maximum absolute atomic E-state index is 9.25. The van der Waals surface area contributed by atoms with E-state index in [0.717, 1.165) is 39.8 Å². The fourth-order valence-corrected chi connectivity index (χ4v) is 12.9. The number of fused-ring (bicyclic) bond motifs is 2. The van der Waals surface area contributed by atoms with E-state index in [1.165, 1.54) is 112 Å². The van der Waals surface area contributed by atoms with Crippen molar-refractivity contribution in [1.29, 1.82) is 0 Å². The van der Waals surface area contributed by atoms with E-state index in [1.54, 1.807) is 37.6 Å². The van der Waals surface area contributed by atoms with Crippen LogP contribution < -0.4 is 4.74 Å². The number of hydrogen-bond donors (Lipinski definition) is 1. The van der Waals surface area contributed by atoms with E-state index in [2.05, 4.69) is 260 Å². The van der Waals surface area contributed by atoms with Crippen molar-refractivity contribution >= 4 is 39.5 Å². The SMILES string of the molecule is C.CC(C)(C)N1CCCCC1.CC(C)(C)N1CCCCC1.CC(C)N1CCCC1.CC(C)Sc1ccncc1.CC(C)n1ccc2cccnc21.CC(C)n1cccc1.CC(C)n1cccn1.CC(C)n1cnc2ccccc21.COc1ccc(C(C)C)cc1.[C-]#[N+]C1=C(C(C)C)CN=C1c1ccc(O)cc1. The number of para-hydroxylation sites is 2. The lowest BCUT2D eigenvalue weighted by Gasteiger charge is -2.38. The fraction of sp³-hybridized carbons (Fsp3) is 0.538. The Labute approximate surface area is 653 Å². The van der Waals surface area contributed by atoms with Crippen molar-refractivity contribution in [2.45, 2.75) is 268 Å². The number of piperidine rings is 2. The molecule has 0 atom stereocenters. The number of rotatable bonds is 11. The van der Waals surface area contributed by atoms with Crippen LogP contribution in [0.5, 0.6) is 11.5 Å². The van der Waals surface area contributed by atoms with E-state index in [9.17, 15) is 5.11 Å². The van der Waals surface area contributed by atoms with E-state index in [1.807, 2.05) is 114 Å². The molecular weight excluding hydrogens is 1340 g/mol. The van der Waals surface area contributed by atoms with Crippen LogP contribution in [0, 0.1) is 12.5 Å². The number of aliphatic imine (C=N–C) groups is 1. The van der Waals surface area contributed by atoms with Crippen molar-refractivity contribution in [3.63, 3.8) is 0 Å². The fourth-order valence-electron chi connectivity index (χ4n) is 12.0. The summed E-state index contributed by atoms with van der Waals surface area (Å²) in [5, 5.41) is 15.2. The number of benzene rings is 3. The number of imidazole rings is 1. The Bertz CT molecular complexity index is 3700. The molecule has 0 spiro atoms. The third-order valence-corrected chi connectivity index (χ3v) is 19.5. The predicted molar refractivity (Wildman–Crippen MR) is 461 cm³/mol. The molecular formula is C91H141N13O2S. The maximum Gasteiger partial charge on any atom is 0.213 e. The quantitative estimate of drug-likeness (QED) is 0.0988. The van der Waals surface area contributed by atoms with Crippen molar-refractivity contribution < 1.29 is 9.84 Å². The van der Waals surface area contributed by atoms with E-state index in [0.29, 0.717) is 64.6 Å². The van der Waals surface area contributed by atoms with Gasteiger partial charge in [0.1, 0.15) is 17.1 Å². The lowest BCUT2D eigenvalue weighted by atomic mass is 9.99. The number of phenolic OH excluding ortho intramolecular Hbond substituents is 1. The molecule has 3 saturated heterocycles. The van der Waals surface area contributed by atoms with Crippen LogP contribution in [-0.4, -0.2) is 139 Å². The van der Waals surface area contributed by atoms with E-state index in [-0.39, 0.29) is 13.2 Å². The van der Waals surface area contributed by atoms with Crippen molar-refractivity contribution in [2.24, 2.45) is 10.9 Å². The molecule has 0 saturated carbocycles. The molecule has 588 valence electrons. The molecule has 0 unspecified atom stereocenters. The Kier molecular flexibility index (Phi) is 43.0. The zero-order valence-corrected chi connectivity index (χ0v) is 70.4. The minimum Gasteiger partial charge on any atom is -0.508 e. The van der Waals surface area contributed by atoms with Crippen LogP contribution in [0.15, 0.2) is 198 Å². The van der Waals surface area contributed by atoms with Crippen molar-refractivity contribution in [2.75, 3.05) is 52.9 Å². The Balaban J connectivity index is 0.000000311. The summed E-state index contributed by atoms with van der Waals surface area (Å²) in [6.07, 6.45) is 28.7. The minimum atomic E-state index is 0. The number of ether oxygens (including phenoxy) is 1. The van der Waals surface area contributed by atoms with Gasteiger partial charge in [0.05, 0.1) is 43.3 Å². The number of methoxy groups -OCH3 is 1. The first-order valence-electron chi connectivity index (χ1n) is 39.2. The van der Waals surface area contributed by atoms with E-state index < -0.39 is 0 Å². The van der Waals surface area contributed by atoms with Gasteiger partial charge < -0.3 is 28.4 Å². The van der Waals surface area contributed by atoms with Gasteiger partial charge >= 0.3 is 0 Å². The molecule has 15 nitrogen and oxygen atoms in total. The molecule has 0 aliphatic carbocycles. The number of aromatic hydroxyl groups is 1. The third kappa shape index (κ3) is 34.5. The molecule has 4 aliphatic rings. The first-order valence-corrected chi connectivity index (χ1v) is 40.1. The molecule has 9 aromatic rings. The number of phenols is 1. The lowest BCUT2D eigenvalue weighted by molar-refractivity contribution is 0.110. The Morgan fingerprint density at radius 1 is 0.514 bits per heavy atom. The number of nitrogens with zero attached hydrogens (tertiary/aromatic N) is 13. The summed E-state index contributed by atoms with van der Waals surface area (Å²) in [5.74, 6) is 2.09. The Hall–Kier alpha value is -7.81. The molecule has 6 aromatic heterocycles. The van der Waals surface area contributed by atoms with Crippen LogP contribution >= 0.6 is 11.8 Å². The van der Waals surface area contributed by atoms with Crippen LogP contribution in [0.3, 0.4) is 0 Å². The molecule has 0 amide bonds. The molecule has 10 heterocycles. The van der Waals surface area contributed by atoms with Crippen LogP contribution in [0.1, 0.15) is 252 Å². The van der Waals surface area contributed by atoms with Crippen LogP contribution in [0.25, 0.3) is 26.9 Å². The van der Waals surface area contributed by atoms with Crippen LogP contribution in [-0.2, 0) is 0 Å². The lowest BCUT2D eigenvalue weighted by Crippen LogP contribution is -2.44. The van der Waals surface area contributed by atoms with Crippen molar-refractivity contribution in [1.82, 2.24) is 53.1 Å². The summed E-state index contributed by atoms with van der Waals surface area (Å²) in [5.41, 5.74) is 8.94. The molecule has 4 aliphatic heterocycles. The molecule has 13 rings (SSSR count). The van der Waals surface area contributed by atoms with Gasteiger partial charge in [0.25, 0.3) is 0 Å². The predicted octanol–water partition coefficient (Wildman–Crippen LogP) is 23.9. The topological polar surface area (TPSA) is 127 Å². The van der Waals surface area contributed by atoms with Gasteiger partial charge in [-0.25, -0.2) is 14.8 Å². The van der Waals surface area contributed by atoms with Gasteiger partial charge in [0, 0.05) is 106 Å². The van der Waals surface area contributed by atoms with Gasteiger partial charge in [-0.05, 0) is 302 Å². The van der Waals surface area contributed by atoms with Crippen molar-refractivity contribution in [3.05, 3.63) is 211 Å². The van der Waals surface area contributed by atoms with E-state index in [4.69, 9.17) is 11.3 Å². The first-order chi connectivity index (χ1) is 50.4. The molecule has 0 radical (unpaired) electrons. The largest absolute Gasteiger partial charge is 0.508 e. The molecule has 3 fully saturated rings. The van der Waals surface area contributed by atoms with Gasteiger partial charge in [-0.2, -0.15) is 5.10 Å². The molecule has 107 heavy (non-hydrogen) atoms. The van der Waals surface area contributed by atoms with Gasteiger partial charge in [-0.15, -0.1) is 11.8 Å². The third-order valence-electron chi connectivity index (χ3n) is 18.5. The van der Waals surface area contributed by atoms with Gasteiger partial charge in [0.15, 0.2) is 0 Å². The second-order valence-electron chi connectivity index (χ2n) is 31.7. The standard InChI is InChI=1S/C14H14N2O.2C10H12N2.C10H14O.2C9H19N.C8H11NS.C7H15N.C7H11N.C6H10N2.CH4/c1-9(2)12-8-16-13(14(12)15-3)10-4-6-11(17)7-5-10;1-8(2)12-7-5-9-4-3-6-11-10(9)12;1-8(2)12-7-11-9-5-3-4-6-10(9)12;1-8(2)9-4-6-10(11-3)7-5-9;2*1-9(2,3)10-7-5-4-6-8-10;1-7(2)10-8-3-5-9-6-4-8;2*1-7(2)8-5-3-4-6-8;1-6(2)8-5-3-4-7-8;/h4-7,9,17H,8H2,1-2H3;2*3-8H,1-2H3;4-8H,1-3H3;2*4-8H2,1-3H3;3-7H,1-2H3;7H,3-6H2,1-2H3;3-7H,1-2H3;3-6H,1-2H3;1H4. The van der Waals surface area contributed by atoms with Crippen LogP contribution in [0.2, 0.25) is 0 Å². The van der Waals surface area contributed by atoms with Gasteiger partial charge in [-0.3, -0.25) is 24.5 Å². The van der Waals surface area contributed by atoms with Crippen LogP contribution in [0.4, 0.5) is 0 Å². The molecule has 3 aromatic carbocycles. The summed E-state index contributed by atoms with van der Waals surface area (Å²) in [6.45, 7) is 64.2. The highest BCUT2D eigenvalue weighted by atomic mass is 32.2. The Morgan fingerprint density at radius 3 is 1.49 bits per heavy atom. The maximum atomic E-state index is 9.25. The zero-order valence-electron chi connectivity index (χ0n) is 69.5. The molecule has 1 N–H and O–H groups in total. The summed E-state index contributed by atoms with van der Waals surface area (Å²) in [6, 6.07) is 42.3. The number of thioether (sulfide) groups is 1. The number of pyridine rings is 2. The second-order valence-corrected chi connectivity index (χ2v) is 33.3. The summed E-state index contributed by atoms with van der Waals surface area (Å²) >= 11 is 1.86. The normalized spacial score (nSPS) is 14.5. The summed E-state index contributed by atoms with van der Waals surface area (Å²) < 4.78 is 13.5. The molecule has 0 bridgehead atoms. The average molecular weight is 1480 g/mol. The smallest absolute Gasteiger partial charge is 0.213 e. The van der Waals surface area contributed by atoms with Gasteiger partial charge in [0.2, 0.25) is 5.70 Å². The highest BCUT2D eigenvalue weighted by molar-refractivity contribution is 7.99. The number of allylic oxidation sites excluding steroid dienone is 1. The number of likely N-dealkylation sites (tertiary alicyclic amines) is 3. The minimum absolute atomic E-state index is 0. The van der Waals surface area contributed by atoms with Crippen molar-refractivity contribution in [3.8, 4) is 11.5 Å². The highest BCUT2D eigenvalue weighted by Gasteiger charge is 2.25. The highest BCUT2D eigenvalue weighted by Crippen LogP contribution is 2.29. The monoisotopic (exact) mass is 1480 g/mol. The van der Waals surface area contributed by atoms with E-state index >= 15 is 0 Å². The van der Waals surface area contributed by atoms with Gasteiger partial charge in [-0.1, -0.05) is 98.2 Å². The second kappa shape index (κ2) is 49.3. The first kappa shape index (κ1) is 93.4. The Morgan fingerprint density at radius 2 is 1.07 bits per heavy atom. The number of aromatic nitrogens is 8. The molecule has 16 heteroatoms.